The van der Waals surface area contributed by atoms with Crippen LogP contribution in [-0.4, -0.2) is 46.8 Å². The molecule has 1 saturated heterocycles. The first kappa shape index (κ1) is 27.7. The van der Waals surface area contributed by atoms with Gasteiger partial charge in [-0.15, -0.1) is 0 Å². The van der Waals surface area contributed by atoms with Crippen LogP contribution in [0.2, 0.25) is 0 Å². The summed E-state index contributed by atoms with van der Waals surface area (Å²) in [7, 11) is 0. The van der Waals surface area contributed by atoms with E-state index in [9.17, 15) is 0 Å². The SMILES string of the molecule is CC(C)(C)c1ccc2c(c1C1=CN3B4C=CC=CN4B4C=CC=CN4B4C=CC=CN4B3C=C1)Sc1ccccc1C2(C)C. The summed E-state index contributed by atoms with van der Waals surface area (Å²) in [5.74, 6) is 9.38. The first-order chi connectivity index (χ1) is 21.2. The van der Waals surface area contributed by atoms with Crippen molar-refractivity contribution in [2.45, 2.75) is 55.2 Å². The summed E-state index contributed by atoms with van der Waals surface area (Å²) in [6, 6.07) is 13.8. The Hall–Kier alpha value is -3.83. The first-order valence-electron chi connectivity index (χ1n) is 15.7. The van der Waals surface area contributed by atoms with Gasteiger partial charge in [-0.05, 0) is 76.8 Å². The van der Waals surface area contributed by atoms with Gasteiger partial charge in [0.2, 0.25) is 0 Å². The Bertz CT molecular complexity index is 1750. The van der Waals surface area contributed by atoms with Gasteiger partial charge in [-0.2, -0.15) is 0 Å². The van der Waals surface area contributed by atoms with Gasteiger partial charge in [-0.25, -0.2) is 0 Å². The minimum atomic E-state index is -0.0829. The summed E-state index contributed by atoms with van der Waals surface area (Å²) in [4.78, 5) is 2.75. The van der Waals surface area contributed by atoms with Crippen LogP contribution in [0.15, 0.2) is 137 Å². The maximum atomic E-state index is 2.56. The van der Waals surface area contributed by atoms with Crippen LogP contribution in [-0.2, 0) is 10.8 Å². The summed E-state index contributed by atoms with van der Waals surface area (Å²) in [6.45, 7) is 12.1. The highest BCUT2D eigenvalue weighted by Crippen LogP contribution is 2.53. The molecule has 0 saturated carbocycles. The van der Waals surface area contributed by atoms with Crippen LogP contribution in [0, 0.1) is 0 Å². The van der Waals surface area contributed by atoms with Crippen LogP contribution in [0.3, 0.4) is 0 Å². The molecule has 0 aliphatic carbocycles. The van der Waals surface area contributed by atoms with E-state index in [0.717, 1.165) is 0 Å². The van der Waals surface area contributed by atoms with E-state index < -0.39 is 0 Å². The average molecular weight is 588 g/mol. The molecule has 2 aromatic rings. The number of hydrogen-bond acceptors (Lipinski definition) is 5. The molecule has 9 heteroatoms. The maximum Gasteiger partial charge on any atom is 0.380 e. The van der Waals surface area contributed by atoms with Gasteiger partial charge in [-0.3, -0.25) is 0 Å². The Morgan fingerprint density at radius 3 is 1.82 bits per heavy atom. The van der Waals surface area contributed by atoms with Crippen molar-refractivity contribution in [3.8, 4) is 0 Å². The van der Waals surface area contributed by atoms with Gasteiger partial charge < -0.3 is 18.9 Å². The van der Waals surface area contributed by atoms with E-state index in [1.54, 1.807) is 0 Å². The van der Waals surface area contributed by atoms with Crippen molar-refractivity contribution in [3.63, 3.8) is 0 Å². The number of fused-ring (bicyclic) bond motifs is 10. The van der Waals surface area contributed by atoms with Crippen molar-refractivity contribution in [3.05, 3.63) is 150 Å². The number of rotatable bonds is 1. The number of hydrogen-bond donors (Lipinski definition) is 0. The molecule has 8 rings (SSSR count). The molecule has 0 bridgehead atoms. The largest absolute Gasteiger partial charge is 0.423 e. The standard InChI is InChI=1S/C35H36B4N4S/c1-34(2,3)29-16-17-30-33(44-31-15-7-6-14-28(31)35(30,4)5)32(29)27-18-22-39-42-25-12-9-20-37(42)40-23-11-8-19-36(40)41-24-13-10-21-38(41)43(39)26-27/h6-26H,1-5H3. The Morgan fingerprint density at radius 1 is 0.636 bits per heavy atom. The second kappa shape index (κ2) is 10.1. The Kier molecular flexibility index (Phi) is 6.36. The van der Waals surface area contributed by atoms with Gasteiger partial charge in [-0.1, -0.05) is 125 Å². The molecule has 0 amide bonds. The van der Waals surface area contributed by atoms with E-state index in [-0.39, 0.29) is 38.8 Å². The molecule has 1 fully saturated rings. The molecular formula is C35H36B4N4S. The zero-order valence-corrected chi connectivity index (χ0v) is 26.9. The van der Waals surface area contributed by atoms with Crippen molar-refractivity contribution >= 4 is 45.3 Å². The molecule has 0 unspecified atom stereocenters. The predicted molar refractivity (Wildman–Crippen MR) is 190 cm³/mol. The Labute approximate surface area is 268 Å². The van der Waals surface area contributed by atoms with E-state index in [1.165, 1.54) is 37.6 Å². The van der Waals surface area contributed by atoms with E-state index in [2.05, 4.69) is 181 Å². The van der Waals surface area contributed by atoms with Gasteiger partial charge in [0.05, 0.1) is 0 Å². The highest BCUT2D eigenvalue weighted by Gasteiger charge is 2.50. The molecule has 44 heavy (non-hydrogen) atoms. The molecule has 214 valence electrons. The van der Waals surface area contributed by atoms with Crippen LogP contribution in [0.25, 0.3) is 5.57 Å². The topological polar surface area (TPSA) is 13.0 Å². The maximum absolute atomic E-state index is 2.56. The number of nitrogens with zero attached hydrogens (tertiary/aromatic N) is 4. The molecule has 0 aromatic heterocycles. The van der Waals surface area contributed by atoms with Crippen LogP contribution in [0.4, 0.5) is 0 Å². The van der Waals surface area contributed by atoms with Crippen LogP contribution < -0.4 is 0 Å². The molecule has 2 aromatic carbocycles. The highest BCUT2D eigenvalue weighted by atomic mass is 32.2. The smallest absolute Gasteiger partial charge is 0.380 e. The minimum absolute atomic E-state index is 0.0153. The lowest BCUT2D eigenvalue weighted by atomic mass is 9.41. The van der Waals surface area contributed by atoms with Gasteiger partial charge in [0.25, 0.3) is 0 Å². The Morgan fingerprint density at radius 2 is 1.20 bits per heavy atom. The fourth-order valence-corrected chi connectivity index (χ4v) is 9.18. The quantitative estimate of drug-likeness (QED) is 0.325. The fourth-order valence-electron chi connectivity index (χ4n) is 7.62. The van der Waals surface area contributed by atoms with Gasteiger partial charge in [0.1, 0.15) is 0 Å². The number of benzene rings is 2. The lowest BCUT2D eigenvalue weighted by Gasteiger charge is -2.53. The third-order valence-corrected chi connectivity index (χ3v) is 11.0. The summed E-state index contributed by atoms with van der Waals surface area (Å²) >= 11 is 1.95. The van der Waals surface area contributed by atoms with E-state index >= 15 is 0 Å². The third kappa shape index (κ3) is 4.19. The fraction of sp³-hybridized carbons (Fsp3) is 0.200. The normalized spacial score (nSPS) is 20.5. The second-order valence-electron chi connectivity index (χ2n) is 13.9. The zero-order chi connectivity index (χ0) is 30.2. The highest BCUT2D eigenvalue weighted by molar-refractivity contribution is 7.99. The molecule has 0 spiro atoms. The summed E-state index contributed by atoms with van der Waals surface area (Å²) in [6.07, 6.45) is 24.6. The predicted octanol–water partition coefficient (Wildman–Crippen LogP) is 7.27. The summed E-state index contributed by atoms with van der Waals surface area (Å²) < 4.78 is 10.0. The van der Waals surface area contributed by atoms with E-state index in [0.29, 0.717) is 0 Å². The van der Waals surface area contributed by atoms with E-state index in [1.807, 2.05) is 11.8 Å². The van der Waals surface area contributed by atoms with Crippen molar-refractivity contribution in [1.82, 2.24) is 18.9 Å². The van der Waals surface area contributed by atoms with Crippen molar-refractivity contribution in [2.24, 2.45) is 0 Å². The van der Waals surface area contributed by atoms with Crippen LogP contribution in [0.5, 0.6) is 0 Å². The van der Waals surface area contributed by atoms with Crippen LogP contribution in [0.1, 0.15) is 56.9 Å². The first-order valence-corrected chi connectivity index (χ1v) is 16.6. The van der Waals surface area contributed by atoms with Gasteiger partial charge in [0.15, 0.2) is 0 Å². The van der Waals surface area contributed by atoms with Gasteiger partial charge >= 0.3 is 27.9 Å². The molecule has 6 heterocycles. The lowest BCUT2D eigenvalue weighted by molar-refractivity contribution is 0.575. The number of allylic oxidation sites excluding steroid dienone is 8. The molecule has 4 nitrogen and oxygen atoms in total. The monoisotopic (exact) mass is 588 g/mol. The Balaban J connectivity index is 1.32. The van der Waals surface area contributed by atoms with E-state index in [4.69, 9.17) is 0 Å². The lowest BCUT2D eigenvalue weighted by Crippen LogP contribution is -2.73. The van der Waals surface area contributed by atoms with Gasteiger partial charge in [0, 0.05) is 20.8 Å². The average Bonchev–Trinajstić information content (AvgIpc) is 3.03. The molecular weight excluding hydrogens is 552 g/mol. The molecule has 0 radical (unpaired) electrons. The van der Waals surface area contributed by atoms with Crippen LogP contribution >= 0.6 is 11.8 Å². The summed E-state index contributed by atoms with van der Waals surface area (Å²) in [5, 5.41) is 0. The molecule has 6 aliphatic heterocycles. The van der Waals surface area contributed by atoms with Crippen molar-refractivity contribution in [2.75, 3.05) is 0 Å². The summed E-state index contributed by atoms with van der Waals surface area (Å²) in [5.41, 5.74) is 6.76. The van der Waals surface area contributed by atoms with Crippen molar-refractivity contribution < 1.29 is 0 Å². The minimum Gasteiger partial charge on any atom is -0.423 e. The molecule has 0 atom stereocenters. The zero-order valence-electron chi connectivity index (χ0n) is 26.1. The molecule has 6 aliphatic rings. The van der Waals surface area contributed by atoms with Crippen molar-refractivity contribution in [1.29, 1.82) is 0 Å². The second-order valence-corrected chi connectivity index (χ2v) is 15.0. The third-order valence-electron chi connectivity index (χ3n) is 9.84. The molecule has 0 N–H and O–H groups in total.